The van der Waals surface area contributed by atoms with Crippen LogP contribution >= 0.6 is 0 Å². The number of carboxylic acid groups (broad SMARTS) is 1. The number of aliphatic carboxylic acids is 1. The molecule has 3 N–H and O–H groups in total. The second kappa shape index (κ2) is 9.35. The standard InChI is InChI=1S/C21H27F2NO.C2H4O2/c1-20(2,3)15-9-14(12-24-21(4,5)6)19(25)16(11-15)13-7-8-17(22)18(23)10-13;1-2(3)4/h7-11,24-25H,12H2,1-6H3;1H3,(H,3,4). The average molecular weight is 408 g/mol. The first-order valence-corrected chi connectivity index (χ1v) is 9.38. The minimum atomic E-state index is -0.924. The molecule has 0 unspecified atom stereocenters. The zero-order valence-electron chi connectivity index (χ0n) is 18.2. The molecule has 4 nitrogen and oxygen atoms in total. The quantitative estimate of drug-likeness (QED) is 0.618. The Kier molecular flexibility index (Phi) is 7.92. The van der Waals surface area contributed by atoms with Crippen molar-refractivity contribution in [3.63, 3.8) is 0 Å². The third-order valence-corrected chi connectivity index (χ3v) is 4.09. The van der Waals surface area contributed by atoms with E-state index in [2.05, 4.69) is 26.1 Å². The van der Waals surface area contributed by atoms with Gasteiger partial charge in [-0.1, -0.05) is 32.9 Å². The van der Waals surface area contributed by atoms with Crippen LogP contribution in [0.1, 0.15) is 59.6 Å². The van der Waals surface area contributed by atoms with Crippen LogP contribution in [0.3, 0.4) is 0 Å². The van der Waals surface area contributed by atoms with Crippen molar-refractivity contribution in [3.05, 3.63) is 53.1 Å². The summed E-state index contributed by atoms with van der Waals surface area (Å²) < 4.78 is 26.9. The van der Waals surface area contributed by atoms with Crippen LogP contribution in [0.25, 0.3) is 11.1 Å². The highest BCUT2D eigenvalue weighted by atomic mass is 19.2. The van der Waals surface area contributed by atoms with E-state index in [4.69, 9.17) is 9.90 Å². The van der Waals surface area contributed by atoms with Crippen LogP contribution < -0.4 is 5.32 Å². The Morgan fingerprint density at radius 1 is 1.00 bits per heavy atom. The normalized spacial score (nSPS) is 11.6. The first-order valence-electron chi connectivity index (χ1n) is 9.38. The van der Waals surface area contributed by atoms with Gasteiger partial charge < -0.3 is 15.5 Å². The fourth-order valence-corrected chi connectivity index (χ4v) is 2.51. The minimum absolute atomic E-state index is 0.0933. The molecule has 0 amide bonds. The number of phenolic OH excluding ortho intramolecular Hbond substituents is 1. The number of hydrogen-bond donors (Lipinski definition) is 3. The lowest BCUT2D eigenvalue weighted by Crippen LogP contribution is -2.35. The van der Waals surface area contributed by atoms with Crippen LogP contribution in [0.2, 0.25) is 0 Å². The Labute approximate surface area is 171 Å². The number of carbonyl (C=O) groups is 1. The summed E-state index contributed by atoms with van der Waals surface area (Å²) >= 11 is 0. The number of aromatic hydroxyl groups is 1. The van der Waals surface area contributed by atoms with E-state index >= 15 is 0 Å². The molecule has 2 rings (SSSR count). The van der Waals surface area contributed by atoms with Crippen molar-refractivity contribution in [1.82, 2.24) is 5.32 Å². The Hall–Kier alpha value is -2.47. The molecule has 0 aliphatic rings. The van der Waals surface area contributed by atoms with Crippen molar-refractivity contribution < 1.29 is 23.8 Å². The lowest BCUT2D eigenvalue weighted by Gasteiger charge is -2.25. The highest BCUT2D eigenvalue weighted by Crippen LogP contribution is 2.37. The van der Waals surface area contributed by atoms with Gasteiger partial charge in [0.15, 0.2) is 11.6 Å². The maximum absolute atomic E-state index is 13.7. The molecule has 0 radical (unpaired) electrons. The third-order valence-electron chi connectivity index (χ3n) is 4.09. The molecule has 0 spiro atoms. The number of hydrogen-bond acceptors (Lipinski definition) is 3. The molecule has 0 fully saturated rings. The number of nitrogens with one attached hydrogen (secondary N) is 1. The molecule has 0 heterocycles. The molecule has 0 bridgehead atoms. The van der Waals surface area contributed by atoms with Gasteiger partial charge in [0.2, 0.25) is 0 Å². The van der Waals surface area contributed by atoms with Gasteiger partial charge in [0.25, 0.3) is 5.97 Å². The van der Waals surface area contributed by atoms with Crippen molar-refractivity contribution in [2.45, 2.75) is 66.0 Å². The fourth-order valence-electron chi connectivity index (χ4n) is 2.51. The molecule has 0 atom stereocenters. The van der Waals surface area contributed by atoms with Crippen molar-refractivity contribution >= 4 is 5.97 Å². The third kappa shape index (κ3) is 7.81. The van der Waals surface area contributed by atoms with Gasteiger partial charge in [-0.2, -0.15) is 0 Å². The smallest absolute Gasteiger partial charge is 0.300 e. The van der Waals surface area contributed by atoms with E-state index in [1.54, 1.807) is 0 Å². The lowest BCUT2D eigenvalue weighted by atomic mass is 9.83. The van der Waals surface area contributed by atoms with Crippen molar-refractivity contribution in [1.29, 1.82) is 0 Å². The Morgan fingerprint density at radius 3 is 2.00 bits per heavy atom. The molecule has 2 aromatic rings. The number of phenols is 1. The van der Waals surface area contributed by atoms with E-state index in [0.717, 1.165) is 30.2 Å². The molecule has 0 saturated heterocycles. The summed E-state index contributed by atoms with van der Waals surface area (Å²) in [7, 11) is 0. The number of benzene rings is 2. The van der Waals surface area contributed by atoms with E-state index in [1.807, 2.05) is 32.9 Å². The summed E-state index contributed by atoms with van der Waals surface area (Å²) in [6.45, 7) is 14.0. The molecule has 2 aromatic carbocycles. The monoisotopic (exact) mass is 407 g/mol. The van der Waals surface area contributed by atoms with Gasteiger partial charge in [-0.25, -0.2) is 8.78 Å². The minimum Gasteiger partial charge on any atom is -0.507 e. The van der Waals surface area contributed by atoms with Gasteiger partial charge in [0, 0.05) is 30.1 Å². The van der Waals surface area contributed by atoms with E-state index in [-0.39, 0.29) is 16.7 Å². The first-order chi connectivity index (χ1) is 13.1. The van der Waals surface area contributed by atoms with Crippen LogP contribution in [-0.2, 0) is 16.8 Å². The molecule has 0 aromatic heterocycles. The summed E-state index contributed by atoms with van der Waals surface area (Å²) in [6, 6.07) is 7.51. The summed E-state index contributed by atoms with van der Waals surface area (Å²) in [4.78, 5) is 9.00. The lowest BCUT2D eigenvalue weighted by molar-refractivity contribution is -0.134. The molecular formula is C23H31F2NO3. The average Bonchev–Trinajstić information content (AvgIpc) is 2.54. The molecule has 0 saturated carbocycles. The summed E-state index contributed by atoms with van der Waals surface area (Å²) in [5.74, 6) is -2.56. The Balaban J connectivity index is 0.000000960. The van der Waals surface area contributed by atoms with Crippen LogP contribution in [0.4, 0.5) is 8.78 Å². The van der Waals surface area contributed by atoms with Gasteiger partial charge in [0.05, 0.1) is 0 Å². The van der Waals surface area contributed by atoms with Gasteiger partial charge >= 0.3 is 0 Å². The summed E-state index contributed by atoms with van der Waals surface area (Å²) in [5.41, 5.74) is 2.48. The van der Waals surface area contributed by atoms with Gasteiger partial charge in [-0.3, -0.25) is 4.79 Å². The molecule has 0 aliphatic heterocycles. The molecule has 29 heavy (non-hydrogen) atoms. The van der Waals surface area contributed by atoms with E-state index < -0.39 is 17.6 Å². The molecule has 0 aliphatic carbocycles. The first kappa shape index (κ1) is 24.6. The molecule has 6 heteroatoms. The summed E-state index contributed by atoms with van der Waals surface area (Å²) in [6.07, 6.45) is 0. The van der Waals surface area contributed by atoms with Crippen molar-refractivity contribution in [2.75, 3.05) is 0 Å². The van der Waals surface area contributed by atoms with Crippen LogP contribution in [0, 0.1) is 11.6 Å². The predicted molar refractivity (Wildman–Crippen MR) is 112 cm³/mol. The van der Waals surface area contributed by atoms with Crippen LogP contribution in [-0.4, -0.2) is 21.7 Å². The predicted octanol–water partition coefficient (Wildman–Crippen LogP) is 5.61. The van der Waals surface area contributed by atoms with Gasteiger partial charge in [-0.15, -0.1) is 0 Å². The molecular weight excluding hydrogens is 376 g/mol. The topological polar surface area (TPSA) is 69.6 Å². The maximum atomic E-state index is 13.7. The second-order valence-corrected chi connectivity index (χ2v) is 9.03. The largest absolute Gasteiger partial charge is 0.507 e. The van der Waals surface area contributed by atoms with Crippen LogP contribution in [0.15, 0.2) is 30.3 Å². The van der Waals surface area contributed by atoms with Gasteiger partial charge in [0.1, 0.15) is 5.75 Å². The number of halogens is 2. The van der Waals surface area contributed by atoms with E-state index in [9.17, 15) is 13.9 Å². The molecule has 160 valence electrons. The Morgan fingerprint density at radius 2 is 1.55 bits per heavy atom. The van der Waals surface area contributed by atoms with Crippen molar-refractivity contribution in [3.8, 4) is 16.9 Å². The number of rotatable bonds is 3. The Bertz CT molecular complexity index is 862. The van der Waals surface area contributed by atoms with Gasteiger partial charge in [-0.05, 0) is 55.5 Å². The highest BCUT2D eigenvalue weighted by Gasteiger charge is 2.21. The zero-order chi connectivity index (χ0) is 22.6. The van der Waals surface area contributed by atoms with Crippen molar-refractivity contribution in [2.24, 2.45) is 0 Å². The number of carboxylic acids is 1. The highest BCUT2D eigenvalue weighted by molar-refractivity contribution is 5.73. The van der Waals surface area contributed by atoms with Crippen LogP contribution in [0.5, 0.6) is 5.75 Å². The zero-order valence-corrected chi connectivity index (χ0v) is 18.2. The maximum Gasteiger partial charge on any atom is 0.300 e. The SMILES string of the molecule is CC(=O)O.CC(C)(C)NCc1cc(C(C)(C)C)cc(-c2ccc(F)c(F)c2)c1O. The second-order valence-electron chi connectivity index (χ2n) is 9.03. The summed E-state index contributed by atoms with van der Waals surface area (Å²) in [5, 5.41) is 21.5. The van der Waals surface area contributed by atoms with E-state index in [1.165, 1.54) is 6.07 Å². The van der Waals surface area contributed by atoms with E-state index in [0.29, 0.717) is 17.7 Å². The fraction of sp³-hybridized carbons (Fsp3) is 0.435.